The van der Waals surface area contributed by atoms with Crippen LogP contribution in [-0.2, 0) is 51.7 Å². The standard InChI is InChI=1S/C32H27F9N12O5S2/c1-15-8-22-23(10-17(15)21-12-19(31(36,37)38)27(47-44-21)50-60(3,56)57)58-24-9-16(20-11-18(30(33,34)35)26(46-43-20)49-59(2,54)55)13-42-28(24)52(22)6-4-51-5-7-53-25(14-51)45-48-29(53)32(39,40)41/h8-13H,4-7,14H2,1-3H3,(H,46,49)(H,47,50). The number of hydrogen-bond acceptors (Lipinski definition) is 14. The number of pyridine rings is 1. The van der Waals surface area contributed by atoms with E-state index in [4.69, 9.17) is 4.74 Å². The molecule has 0 aliphatic carbocycles. The molecule has 60 heavy (non-hydrogen) atoms. The van der Waals surface area contributed by atoms with Crippen LogP contribution >= 0.6 is 0 Å². The van der Waals surface area contributed by atoms with E-state index in [1.165, 1.54) is 25.1 Å². The molecule has 2 aliphatic heterocycles. The van der Waals surface area contributed by atoms with Gasteiger partial charge >= 0.3 is 18.5 Å². The largest absolute Gasteiger partial charge is 0.451 e. The maximum absolute atomic E-state index is 14.1. The van der Waals surface area contributed by atoms with Gasteiger partial charge in [-0.05, 0) is 42.8 Å². The van der Waals surface area contributed by atoms with Crippen molar-refractivity contribution in [2.24, 2.45) is 0 Å². The van der Waals surface area contributed by atoms with Crippen molar-refractivity contribution >= 4 is 43.2 Å². The third-order valence-electron chi connectivity index (χ3n) is 8.97. The Kier molecular flexibility index (Phi) is 10.3. The molecule has 17 nitrogen and oxygen atoms in total. The molecule has 4 aromatic heterocycles. The summed E-state index contributed by atoms with van der Waals surface area (Å²) in [5, 5.41) is 21.5. The summed E-state index contributed by atoms with van der Waals surface area (Å²) in [6.45, 7) is 1.80. The molecule has 6 heterocycles. The second-order valence-electron chi connectivity index (χ2n) is 13.5. The van der Waals surface area contributed by atoms with Crippen LogP contribution in [0.4, 0.5) is 62.7 Å². The lowest BCUT2D eigenvalue weighted by Gasteiger charge is -2.35. The molecule has 0 fully saturated rings. The highest BCUT2D eigenvalue weighted by atomic mass is 32.2. The van der Waals surface area contributed by atoms with Gasteiger partial charge in [0, 0.05) is 43.5 Å². The van der Waals surface area contributed by atoms with Gasteiger partial charge in [0.25, 0.3) is 0 Å². The Bertz CT molecular complexity index is 2750. The van der Waals surface area contributed by atoms with Gasteiger partial charge in [-0.1, -0.05) is 0 Å². The number of hydrogen-bond donors (Lipinski definition) is 2. The van der Waals surface area contributed by atoms with Gasteiger partial charge in [0.2, 0.25) is 25.9 Å². The highest BCUT2D eigenvalue weighted by Gasteiger charge is 2.41. The predicted octanol–water partition coefficient (Wildman–Crippen LogP) is 5.45. The first-order chi connectivity index (χ1) is 27.7. The van der Waals surface area contributed by atoms with Crippen LogP contribution in [0.25, 0.3) is 22.5 Å². The second kappa shape index (κ2) is 14.7. The van der Waals surface area contributed by atoms with Gasteiger partial charge in [0.1, 0.15) is 17.0 Å². The number of aromatic nitrogens is 8. The Morgan fingerprint density at radius 2 is 1.30 bits per heavy atom. The van der Waals surface area contributed by atoms with E-state index >= 15 is 0 Å². The first-order valence-corrected chi connectivity index (χ1v) is 20.7. The van der Waals surface area contributed by atoms with Crippen LogP contribution in [0.15, 0.2) is 36.5 Å². The molecule has 0 bridgehead atoms. The van der Waals surface area contributed by atoms with Crippen LogP contribution < -0.4 is 19.1 Å². The van der Waals surface area contributed by atoms with E-state index < -0.39 is 72.9 Å². The number of ether oxygens (including phenoxy) is 1. The molecule has 1 aromatic carbocycles. The molecule has 2 aliphatic rings. The highest BCUT2D eigenvalue weighted by molar-refractivity contribution is 7.92. The number of benzene rings is 1. The average Bonchev–Trinajstić information content (AvgIpc) is 3.56. The number of rotatable bonds is 9. The van der Waals surface area contributed by atoms with Crippen LogP contribution in [0.5, 0.6) is 11.5 Å². The Morgan fingerprint density at radius 1 is 0.700 bits per heavy atom. The van der Waals surface area contributed by atoms with Crippen LogP contribution in [-0.4, -0.2) is 94.0 Å². The van der Waals surface area contributed by atoms with Gasteiger partial charge in [0.15, 0.2) is 29.0 Å². The molecule has 7 rings (SSSR count). The number of halogens is 9. The second-order valence-corrected chi connectivity index (χ2v) is 17.0. The summed E-state index contributed by atoms with van der Waals surface area (Å²) in [5.74, 6) is -3.23. The van der Waals surface area contributed by atoms with Crippen LogP contribution in [0.1, 0.15) is 28.3 Å². The molecule has 0 saturated heterocycles. The number of alkyl halides is 9. The molecule has 2 N–H and O–H groups in total. The number of nitrogens with one attached hydrogen (secondary N) is 2. The molecule has 0 spiro atoms. The quantitative estimate of drug-likeness (QED) is 0.177. The smallest absolute Gasteiger partial charge is 0.451 e. The maximum Gasteiger partial charge on any atom is 0.451 e. The number of sulfonamides is 2. The number of aryl methyl sites for hydroxylation is 1. The first kappa shape index (κ1) is 42.2. The van der Waals surface area contributed by atoms with Crippen LogP contribution in [0.3, 0.4) is 0 Å². The minimum Gasteiger partial charge on any atom is -0.451 e. The van der Waals surface area contributed by atoms with Gasteiger partial charge < -0.3 is 14.2 Å². The fourth-order valence-corrected chi connectivity index (χ4v) is 7.40. The lowest BCUT2D eigenvalue weighted by molar-refractivity contribution is -0.148. The number of fused-ring (bicyclic) bond motifs is 3. The molecular formula is C32H27F9N12O5S2. The van der Waals surface area contributed by atoms with E-state index in [0.717, 1.165) is 10.8 Å². The van der Waals surface area contributed by atoms with Crippen molar-refractivity contribution in [3.05, 3.63) is 64.9 Å². The Hall–Kier alpha value is -5.90. The summed E-state index contributed by atoms with van der Waals surface area (Å²) in [6, 6.07) is 5.22. The molecule has 0 amide bonds. The molecule has 0 saturated carbocycles. The lowest BCUT2D eigenvalue weighted by atomic mass is 10.0. The van der Waals surface area contributed by atoms with Crippen molar-refractivity contribution in [1.82, 2.24) is 45.0 Å². The van der Waals surface area contributed by atoms with E-state index in [9.17, 15) is 56.3 Å². The van der Waals surface area contributed by atoms with E-state index in [-0.39, 0.29) is 72.7 Å². The minimum absolute atomic E-state index is 0.0151. The van der Waals surface area contributed by atoms with Crippen molar-refractivity contribution in [3.63, 3.8) is 0 Å². The van der Waals surface area contributed by atoms with Gasteiger partial charge in [-0.25, -0.2) is 21.8 Å². The summed E-state index contributed by atoms with van der Waals surface area (Å²) in [6.07, 6.45) is -12.5. The first-order valence-electron chi connectivity index (χ1n) is 16.9. The van der Waals surface area contributed by atoms with E-state index in [2.05, 4.69) is 35.6 Å². The Balaban J connectivity index is 1.29. The third kappa shape index (κ3) is 8.83. The SMILES string of the molecule is Cc1cc2c(cc1-c1cc(C(F)(F)F)c(NS(C)(=O)=O)nn1)Oc1cc(-c3cc(C(F)(F)F)c(NS(C)(=O)=O)nn3)cnc1N2CCN1CCn2c(nnc2C(F)(F)F)C1. The monoisotopic (exact) mass is 894 g/mol. The van der Waals surface area contributed by atoms with Gasteiger partial charge in [-0.3, -0.25) is 14.3 Å². The Morgan fingerprint density at radius 3 is 1.88 bits per heavy atom. The lowest BCUT2D eigenvalue weighted by Crippen LogP contribution is -2.40. The average molecular weight is 895 g/mol. The summed E-state index contributed by atoms with van der Waals surface area (Å²) >= 11 is 0. The van der Waals surface area contributed by atoms with E-state index in [1.54, 1.807) is 19.2 Å². The third-order valence-corrected chi connectivity index (χ3v) is 10.1. The Labute approximate surface area is 332 Å². The molecule has 28 heteroatoms. The molecule has 0 radical (unpaired) electrons. The molecular weight excluding hydrogens is 868 g/mol. The van der Waals surface area contributed by atoms with Crippen molar-refractivity contribution in [1.29, 1.82) is 0 Å². The fourth-order valence-electron chi connectivity index (χ4n) is 6.40. The van der Waals surface area contributed by atoms with Crippen molar-refractivity contribution < 1.29 is 61.1 Å². The summed E-state index contributed by atoms with van der Waals surface area (Å²) < 4.78 is 182. The van der Waals surface area contributed by atoms with Gasteiger partial charge in [0.05, 0.1) is 36.1 Å². The van der Waals surface area contributed by atoms with Crippen LogP contribution in [0.2, 0.25) is 0 Å². The van der Waals surface area contributed by atoms with Crippen LogP contribution in [0, 0.1) is 6.92 Å². The van der Waals surface area contributed by atoms with Gasteiger partial charge in [-0.15, -0.1) is 30.6 Å². The van der Waals surface area contributed by atoms with Crippen molar-refractivity contribution in [2.75, 3.05) is 46.5 Å². The zero-order valence-electron chi connectivity index (χ0n) is 30.7. The molecule has 5 aromatic rings. The number of nitrogens with zero attached hydrogens (tertiary/aromatic N) is 10. The molecule has 320 valence electrons. The maximum atomic E-state index is 14.1. The normalized spacial score (nSPS) is 14.9. The summed E-state index contributed by atoms with van der Waals surface area (Å²) in [5.41, 5.74) is -3.07. The predicted molar refractivity (Wildman–Crippen MR) is 192 cm³/mol. The molecule has 0 unspecified atom stereocenters. The van der Waals surface area contributed by atoms with E-state index in [1.807, 2.05) is 0 Å². The topological polar surface area (TPSA) is 203 Å². The molecule has 0 atom stereocenters. The number of anilines is 4. The van der Waals surface area contributed by atoms with E-state index in [0.29, 0.717) is 35.9 Å². The summed E-state index contributed by atoms with van der Waals surface area (Å²) in [4.78, 5) is 7.84. The highest BCUT2D eigenvalue weighted by Crippen LogP contribution is 2.49. The summed E-state index contributed by atoms with van der Waals surface area (Å²) in [7, 11) is -8.40. The zero-order valence-corrected chi connectivity index (χ0v) is 32.4. The van der Waals surface area contributed by atoms with Gasteiger partial charge in [-0.2, -0.15) is 39.5 Å². The van der Waals surface area contributed by atoms with Crippen molar-refractivity contribution in [2.45, 2.75) is 38.5 Å². The van der Waals surface area contributed by atoms with Crippen molar-refractivity contribution in [3.8, 4) is 34.0 Å². The zero-order chi connectivity index (χ0) is 43.7. The fraction of sp³-hybridized carbons (Fsp3) is 0.344. The minimum atomic E-state index is -5.09.